The van der Waals surface area contributed by atoms with E-state index in [0.717, 1.165) is 25.9 Å². The average molecular weight is 247 g/mol. The molecule has 1 aromatic rings. The van der Waals surface area contributed by atoms with Gasteiger partial charge in [-0.2, -0.15) is 0 Å². The van der Waals surface area contributed by atoms with Crippen molar-refractivity contribution in [3.8, 4) is 0 Å². The fourth-order valence-corrected chi connectivity index (χ4v) is 2.03. The predicted molar refractivity (Wildman–Crippen MR) is 67.0 cm³/mol. The number of nitrogens with zero attached hydrogens (tertiary/aromatic N) is 3. The molecular formula is C13H17N3O2. The molecule has 5 nitrogen and oxygen atoms in total. The van der Waals surface area contributed by atoms with Crippen LogP contribution in [-0.2, 0) is 4.79 Å². The van der Waals surface area contributed by atoms with Gasteiger partial charge in [-0.3, -0.25) is 14.6 Å². The molecule has 0 spiro atoms. The second-order valence-electron chi connectivity index (χ2n) is 4.46. The predicted octanol–water partition coefficient (Wildman–Crippen LogP) is 0.776. The van der Waals surface area contributed by atoms with Crippen molar-refractivity contribution >= 4 is 11.8 Å². The van der Waals surface area contributed by atoms with Crippen LogP contribution in [0.3, 0.4) is 0 Å². The van der Waals surface area contributed by atoms with Gasteiger partial charge in [-0.1, -0.05) is 6.07 Å². The maximum absolute atomic E-state index is 12.0. The molecule has 2 rings (SSSR count). The second-order valence-corrected chi connectivity index (χ2v) is 4.46. The van der Waals surface area contributed by atoms with Crippen LogP contribution >= 0.6 is 0 Å². The highest BCUT2D eigenvalue weighted by atomic mass is 16.2. The third-order valence-electron chi connectivity index (χ3n) is 3.06. The largest absolute Gasteiger partial charge is 0.341 e. The van der Waals surface area contributed by atoms with E-state index in [0.29, 0.717) is 5.69 Å². The van der Waals surface area contributed by atoms with Gasteiger partial charge in [0.05, 0.1) is 6.54 Å². The summed E-state index contributed by atoms with van der Waals surface area (Å²) < 4.78 is 0. The van der Waals surface area contributed by atoms with Gasteiger partial charge in [0, 0.05) is 26.3 Å². The SMILES string of the molecule is CN(CC(=O)N1CCCC1)C(=O)c1ccccn1. The number of hydrogen-bond acceptors (Lipinski definition) is 3. The van der Waals surface area contributed by atoms with Crippen molar-refractivity contribution in [1.82, 2.24) is 14.8 Å². The molecule has 0 unspecified atom stereocenters. The van der Waals surface area contributed by atoms with Gasteiger partial charge in [-0.05, 0) is 25.0 Å². The zero-order valence-electron chi connectivity index (χ0n) is 10.5. The summed E-state index contributed by atoms with van der Waals surface area (Å²) in [6, 6.07) is 5.17. The number of amides is 2. The molecule has 2 heterocycles. The summed E-state index contributed by atoms with van der Waals surface area (Å²) in [5.74, 6) is -0.206. The van der Waals surface area contributed by atoms with Crippen LogP contribution in [0.1, 0.15) is 23.3 Å². The van der Waals surface area contributed by atoms with Crippen LogP contribution in [0.15, 0.2) is 24.4 Å². The molecular weight excluding hydrogens is 230 g/mol. The first-order valence-electron chi connectivity index (χ1n) is 6.13. The average Bonchev–Trinajstić information content (AvgIpc) is 2.92. The van der Waals surface area contributed by atoms with Crippen molar-refractivity contribution in [3.05, 3.63) is 30.1 Å². The first-order valence-corrected chi connectivity index (χ1v) is 6.13. The molecule has 0 N–H and O–H groups in total. The van der Waals surface area contributed by atoms with Gasteiger partial charge >= 0.3 is 0 Å². The van der Waals surface area contributed by atoms with E-state index in [1.54, 1.807) is 31.4 Å². The number of pyridine rings is 1. The molecule has 0 aliphatic carbocycles. The molecule has 0 radical (unpaired) electrons. The Kier molecular flexibility index (Phi) is 3.92. The van der Waals surface area contributed by atoms with Gasteiger partial charge < -0.3 is 9.80 Å². The topological polar surface area (TPSA) is 53.5 Å². The normalized spacial score (nSPS) is 14.6. The van der Waals surface area contributed by atoms with Crippen LogP contribution in [0.4, 0.5) is 0 Å². The third-order valence-corrected chi connectivity index (χ3v) is 3.06. The van der Waals surface area contributed by atoms with E-state index in [-0.39, 0.29) is 18.4 Å². The summed E-state index contributed by atoms with van der Waals surface area (Å²) in [7, 11) is 1.63. The Labute approximate surface area is 106 Å². The Balaban J connectivity index is 1.93. The van der Waals surface area contributed by atoms with Crippen molar-refractivity contribution in [1.29, 1.82) is 0 Å². The molecule has 5 heteroatoms. The molecule has 0 aromatic carbocycles. The Bertz CT molecular complexity index is 427. The smallest absolute Gasteiger partial charge is 0.272 e. The zero-order valence-corrected chi connectivity index (χ0v) is 10.5. The molecule has 96 valence electrons. The highest BCUT2D eigenvalue weighted by Gasteiger charge is 2.21. The maximum Gasteiger partial charge on any atom is 0.272 e. The molecule has 0 atom stereocenters. The first kappa shape index (κ1) is 12.5. The van der Waals surface area contributed by atoms with E-state index in [9.17, 15) is 9.59 Å². The number of aromatic nitrogens is 1. The fraction of sp³-hybridized carbons (Fsp3) is 0.462. The molecule has 18 heavy (non-hydrogen) atoms. The van der Waals surface area contributed by atoms with Crippen molar-refractivity contribution in [2.75, 3.05) is 26.7 Å². The lowest BCUT2D eigenvalue weighted by molar-refractivity contribution is -0.130. The Hall–Kier alpha value is -1.91. The molecule has 1 fully saturated rings. The van der Waals surface area contributed by atoms with Crippen molar-refractivity contribution in [2.45, 2.75) is 12.8 Å². The van der Waals surface area contributed by atoms with Gasteiger partial charge in [-0.25, -0.2) is 0 Å². The Morgan fingerprint density at radius 1 is 1.33 bits per heavy atom. The summed E-state index contributed by atoms with van der Waals surface area (Å²) in [6.45, 7) is 1.74. The Morgan fingerprint density at radius 3 is 2.67 bits per heavy atom. The van der Waals surface area contributed by atoms with Gasteiger partial charge in [0.1, 0.15) is 5.69 Å². The van der Waals surface area contributed by atoms with Crippen LogP contribution in [0.2, 0.25) is 0 Å². The molecule has 0 bridgehead atoms. The van der Waals surface area contributed by atoms with E-state index < -0.39 is 0 Å². The lowest BCUT2D eigenvalue weighted by Gasteiger charge is -2.21. The maximum atomic E-state index is 12.0. The number of rotatable bonds is 3. The minimum Gasteiger partial charge on any atom is -0.341 e. The van der Waals surface area contributed by atoms with E-state index >= 15 is 0 Å². The van der Waals surface area contributed by atoms with E-state index in [2.05, 4.69) is 4.98 Å². The zero-order chi connectivity index (χ0) is 13.0. The summed E-state index contributed by atoms with van der Waals surface area (Å²) >= 11 is 0. The summed E-state index contributed by atoms with van der Waals surface area (Å²) in [4.78, 5) is 31.1. The number of hydrogen-bond donors (Lipinski definition) is 0. The van der Waals surface area contributed by atoms with Crippen LogP contribution < -0.4 is 0 Å². The lowest BCUT2D eigenvalue weighted by Crippen LogP contribution is -2.40. The van der Waals surface area contributed by atoms with Crippen molar-refractivity contribution in [3.63, 3.8) is 0 Å². The van der Waals surface area contributed by atoms with Crippen LogP contribution in [0, 0.1) is 0 Å². The number of carbonyl (C=O) groups is 2. The molecule has 1 aromatic heterocycles. The van der Waals surface area contributed by atoms with Crippen LogP contribution in [0.25, 0.3) is 0 Å². The monoisotopic (exact) mass is 247 g/mol. The van der Waals surface area contributed by atoms with E-state index in [1.165, 1.54) is 4.90 Å². The third kappa shape index (κ3) is 2.85. The standard InChI is InChI=1S/C13H17N3O2/c1-15(10-12(17)16-8-4-5-9-16)13(18)11-6-2-3-7-14-11/h2-3,6-7H,4-5,8-10H2,1H3. The number of likely N-dealkylation sites (N-methyl/N-ethyl adjacent to an activating group) is 1. The molecule has 1 aliphatic rings. The first-order chi connectivity index (χ1) is 8.68. The highest BCUT2D eigenvalue weighted by Crippen LogP contribution is 2.08. The van der Waals surface area contributed by atoms with Gasteiger partial charge in [0.15, 0.2) is 0 Å². The van der Waals surface area contributed by atoms with Crippen LogP contribution in [0.5, 0.6) is 0 Å². The molecule has 0 saturated carbocycles. The number of carbonyl (C=O) groups excluding carboxylic acids is 2. The quantitative estimate of drug-likeness (QED) is 0.793. The lowest BCUT2D eigenvalue weighted by atomic mass is 10.3. The van der Waals surface area contributed by atoms with E-state index in [4.69, 9.17) is 0 Å². The van der Waals surface area contributed by atoms with Crippen molar-refractivity contribution < 1.29 is 9.59 Å². The van der Waals surface area contributed by atoms with Gasteiger partial charge in [-0.15, -0.1) is 0 Å². The second kappa shape index (κ2) is 5.62. The number of likely N-dealkylation sites (tertiary alicyclic amines) is 1. The highest BCUT2D eigenvalue weighted by molar-refractivity contribution is 5.94. The molecule has 1 saturated heterocycles. The van der Waals surface area contributed by atoms with Crippen LogP contribution in [-0.4, -0.2) is 53.3 Å². The van der Waals surface area contributed by atoms with Gasteiger partial charge in [0.2, 0.25) is 5.91 Å². The summed E-state index contributed by atoms with van der Waals surface area (Å²) in [5, 5.41) is 0. The minimum absolute atomic E-state index is 0.0132. The fourth-order valence-electron chi connectivity index (χ4n) is 2.03. The van der Waals surface area contributed by atoms with Gasteiger partial charge in [0.25, 0.3) is 5.91 Å². The summed E-state index contributed by atoms with van der Waals surface area (Å²) in [6.07, 6.45) is 3.69. The van der Waals surface area contributed by atoms with E-state index in [1.807, 2.05) is 4.90 Å². The van der Waals surface area contributed by atoms with Crippen molar-refractivity contribution in [2.24, 2.45) is 0 Å². The Morgan fingerprint density at radius 2 is 2.06 bits per heavy atom. The minimum atomic E-state index is -0.219. The summed E-state index contributed by atoms with van der Waals surface area (Å²) in [5.41, 5.74) is 0.370. The molecule has 2 amide bonds. The molecule has 1 aliphatic heterocycles.